The van der Waals surface area contributed by atoms with Crippen molar-refractivity contribution in [3.63, 3.8) is 0 Å². The maximum atomic E-state index is 14.5. The van der Waals surface area contributed by atoms with E-state index in [2.05, 4.69) is 21.0 Å². The van der Waals surface area contributed by atoms with E-state index in [0.717, 1.165) is 24.2 Å². The number of nitrogens with zero attached hydrogens (tertiary/aromatic N) is 2. The minimum Gasteiger partial charge on any atom is -0.389 e. The largest absolute Gasteiger partial charge is 0.389 e. The minimum atomic E-state index is -0.407. The summed E-state index contributed by atoms with van der Waals surface area (Å²) in [6.07, 6.45) is 1.59. The summed E-state index contributed by atoms with van der Waals surface area (Å²) in [4.78, 5) is 0.160. The summed E-state index contributed by atoms with van der Waals surface area (Å²) >= 11 is 8.11. The van der Waals surface area contributed by atoms with E-state index in [1.165, 1.54) is 0 Å². The molecule has 6 heteroatoms. The number of aromatic nitrogens is 2. The molecule has 1 aromatic carbocycles. The fourth-order valence-electron chi connectivity index (χ4n) is 2.00. The zero-order chi connectivity index (χ0) is 14.9. The highest BCUT2D eigenvalue weighted by Gasteiger charge is 2.17. The second-order valence-corrected chi connectivity index (χ2v) is 5.60. The van der Waals surface area contributed by atoms with E-state index < -0.39 is 5.82 Å². The van der Waals surface area contributed by atoms with Crippen LogP contribution in [0.25, 0.3) is 5.69 Å². The van der Waals surface area contributed by atoms with Crippen LogP contribution in [0, 0.1) is 5.82 Å². The molecular formula is C14H15BrFN3S. The molecule has 0 amide bonds. The predicted octanol–water partition coefficient (Wildman–Crippen LogP) is 3.53. The van der Waals surface area contributed by atoms with Crippen molar-refractivity contribution < 1.29 is 4.39 Å². The molecule has 0 fully saturated rings. The Labute approximate surface area is 131 Å². The third-order valence-electron chi connectivity index (χ3n) is 3.11. The maximum Gasteiger partial charge on any atom is 0.163 e. The van der Waals surface area contributed by atoms with Crippen molar-refractivity contribution in [2.45, 2.75) is 26.7 Å². The number of rotatable bonds is 4. The lowest BCUT2D eigenvalue weighted by molar-refractivity contribution is 0.599. The Kier molecular flexibility index (Phi) is 4.55. The molecule has 2 rings (SSSR count). The Hall–Kier alpha value is -1.27. The van der Waals surface area contributed by atoms with Crippen molar-refractivity contribution in [1.29, 1.82) is 0 Å². The number of aryl methyl sites for hydroxylation is 2. The van der Waals surface area contributed by atoms with E-state index in [4.69, 9.17) is 18.0 Å². The summed E-state index contributed by atoms with van der Waals surface area (Å²) in [6, 6.07) is 5.35. The normalized spacial score (nSPS) is 10.8. The highest BCUT2D eigenvalue weighted by molar-refractivity contribution is 9.10. The SMILES string of the molecule is CCc1cc(CC)n(-c2ccc(C(N)=S)c(Br)c2F)n1. The number of benzene rings is 1. The van der Waals surface area contributed by atoms with E-state index in [1.54, 1.807) is 16.8 Å². The lowest BCUT2D eigenvalue weighted by atomic mass is 10.2. The zero-order valence-corrected chi connectivity index (χ0v) is 13.7. The van der Waals surface area contributed by atoms with Crippen LogP contribution in [0.1, 0.15) is 30.8 Å². The standard InChI is InChI=1S/C14H15BrFN3S/c1-3-8-7-9(4-2)19(18-8)11-6-5-10(14(17)20)12(15)13(11)16/h5-7H,3-4H2,1-2H3,(H2,17,20). The van der Waals surface area contributed by atoms with Crippen molar-refractivity contribution in [2.24, 2.45) is 5.73 Å². The van der Waals surface area contributed by atoms with Gasteiger partial charge in [0.1, 0.15) is 10.7 Å². The molecule has 0 radical (unpaired) electrons. The smallest absolute Gasteiger partial charge is 0.163 e. The van der Waals surface area contributed by atoms with Crippen LogP contribution in [-0.4, -0.2) is 14.8 Å². The molecule has 2 aromatic rings. The number of halogens is 2. The summed E-state index contributed by atoms with van der Waals surface area (Å²) < 4.78 is 16.4. The lowest BCUT2D eigenvalue weighted by Gasteiger charge is -2.11. The van der Waals surface area contributed by atoms with Gasteiger partial charge in [0.05, 0.1) is 10.2 Å². The van der Waals surface area contributed by atoms with Crippen LogP contribution in [0.4, 0.5) is 4.39 Å². The molecule has 0 aliphatic carbocycles. The van der Waals surface area contributed by atoms with Crippen LogP contribution >= 0.6 is 28.1 Å². The van der Waals surface area contributed by atoms with Gasteiger partial charge in [0.15, 0.2) is 5.82 Å². The van der Waals surface area contributed by atoms with Gasteiger partial charge in [0, 0.05) is 11.3 Å². The van der Waals surface area contributed by atoms with Crippen LogP contribution < -0.4 is 5.73 Å². The molecule has 20 heavy (non-hydrogen) atoms. The van der Waals surface area contributed by atoms with E-state index in [-0.39, 0.29) is 9.46 Å². The molecule has 106 valence electrons. The third kappa shape index (κ3) is 2.62. The molecule has 0 aliphatic rings. The first-order valence-electron chi connectivity index (χ1n) is 6.35. The first-order valence-corrected chi connectivity index (χ1v) is 7.55. The van der Waals surface area contributed by atoms with Gasteiger partial charge in [-0.3, -0.25) is 0 Å². The lowest BCUT2D eigenvalue weighted by Crippen LogP contribution is -2.13. The van der Waals surface area contributed by atoms with Crippen LogP contribution in [0.5, 0.6) is 0 Å². The van der Waals surface area contributed by atoms with Gasteiger partial charge < -0.3 is 5.73 Å². The molecular weight excluding hydrogens is 341 g/mol. The summed E-state index contributed by atoms with van der Waals surface area (Å²) in [6.45, 7) is 4.04. The molecule has 0 atom stereocenters. The molecule has 1 aromatic heterocycles. The van der Waals surface area contributed by atoms with Crippen LogP contribution in [0.15, 0.2) is 22.7 Å². The van der Waals surface area contributed by atoms with Gasteiger partial charge in [-0.15, -0.1) is 0 Å². The Morgan fingerprint density at radius 3 is 2.65 bits per heavy atom. The number of hydrogen-bond donors (Lipinski definition) is 1. The molecule has 0 saturated carbocycles. The molecule has 0 spiro atoms. The first kappa shape index (κ1) is 15.1. The quantitative estimate of drug-likeness (QED) is 0.853. The summed E-state index contributed by atoms with van der Waals surface area (Å²) in [5.41, 5.74) is 8.36. The minimum absolute atomic E-state index is 0.160. The van der Waals surface area contributed by atoms with E-state index in [0.29, 0.717) is 11.3 Å². The van der Waals surface area contributed by atoms with E-state index >= 15 is 0 Å². The Bertz CT molecular complexity index is 667. The van der Waals surface area contributed by atoms with Crippen molar-refractivity contribution in [2.75, 3.05) is 0 Å². The summed E-state index contributed by atoms with van der Waals surface area (Å²) in [7, 11) is 0. The summed E-state index contributed by atoms with van der Waals surface area (Å²) in [5, 5.41) is 4.44. The molecule has 0 aliphatic heterocycles. The predicted molar refractivity (Wildman–Crippen MR) is 85.9 cm³/mol. The second-order valence-electron chi connectivity index (χ2n) is 4.37. The topological polar surface area (TPSA) is 43.8 Å². The molecule has 0 saturated heterocycles. The van der Waals surface area contributed by atoms with Crippen molar-refractivity contribution in [3.8, 4) is 5.69 Å². The molecule has 0 unspecified atom stereocenters. The second kappa shape index (κ2) is 6.01. The van der Waals surface area contributed by atoms with Gasteiger partial charge in [-0.25, -0.2) is 9.07 Å². The van der Waals surface area contributed by atoms with E-state index in [1.807, 2.05) is 19.9 Å². The maximum absolute atomic E-state index is 14.5. The number of nitrogens with two attached hydrogens (primary N) is 1. The monoisotopic (exact) mass is 355 g/mol. The van der Waals surface area contributed by atoms with Gasteiger partial charge in [-0.05, 0) is 47.0 Å². The van der Waals surface area contributed by atoms with Gasteiger partial charge in [0.25, 0.3) is 0 Å². The van der Waals surface area contributed by atoms with Crippen LogP contribution in [0.3, 0.4) is 0 Å². The van der Waals surface area contributed by atoms with Crippen molar-refractivity contribution >= 4 is 33.1 Å². The summed E-state index contributed by atoms with van der Waals surface area (Å²) in [5.74, 6) is -0.407. The first-order chi connectivity index (χ1) is 9.49. The highest BCUT2D eigenvalue weighted by Crippen LogP contribution is 2.27. The fraction of sp³-hybridized carbons (Fsp3) is 0.286. The average Bonchev–Trinajstić information content (AvgIpc) is 2.84. The van der Waals surface area contributed by atoms with Crippen molar-refractivity contribution in [3.05, 3.63) is 45.4 Å². The van der Waals surface area contributed by atoms with Crippen molar-refractivity contribution in [1.82, 2.24) is 9.78 Å². The Balaban J connectivity index is 2.62. The Morgan fingerprint density at radius 1 is 1.40 bits per heavy atom. The van der Waals surface area contributed by atoms with Crippen LogP contribution in [-0.2, 0) is 12.8 Å². The van der Waals surface area contributed by atoms with Gasteiger partial charge >= 0.3 is 0 Å². The van der Waals surface area contributed by atoms with Gasteiger partial charge in [-0.1, -0.05) is 26.1 Å². The molecule has 1 heterocycles. The Morgan fingerprint density at radius 2 is 2.10 bits per heavy atom. The fourth-order valence-corrected chi connectivity index (χ4v) is 2.85. The van der Waals surface area contributed by atoms with Crippen LogP contribution in [0.2, 0.25) is 0 Å². The molecule has 0 bridgehead atoms. The van der Waals surface area contributed by atoms with Gasteiger partial charge in [0.2, 0.25) is 0 Å². The molecule has 3 nitrogen and oxygen atoms in total. The highest BCUT2D eigenvalue weighted by atomic mass is 79.9. The zero-order valence-electron chi connectivity index (χ0n) is 11.3. The number of hydrogen-bond acceptors (Lipinski definition) is 2. The average molecular weight is 356 g/mol. The third-order valence-corrected chi connectivity index (χ3v) is 4.11. The van der Waals surface area contributed by atoms with Gasteiger partial charge in [-0.2, -0.15) is 5.10 Å². The van der Waals surface area contributed by atoms with E-state index in [9.17, 15) is 4.39 Å². The number of thiocarbonyl (C=S) groups is 1. The molecule has 2 N–H and O–H groups in total.